The second kappa shape index (κ2) is 8.51. The lowest BCUT2D eigenvalue weighted by Gasteiger charge is -2.24. The van der Waals surface area contributed by atoms with E-state index in [9.17, 15) is 14.9 Å². The van der Waals surface area contributed by atoms with E-state index in [1.54, 1.807) is 24.1 Å². The third-order valence-electron chi connectivity index (χ3n) is 4.55. The minimum Gasteiger partial charge on any atom is -0.339 e. The van der Waals surface area contributed by atoms with Crippen LogP contribution < -0.4 is 0 Å². The molecule has 1 saturated carbocycles. The van der Waals surface area contributed by atoms with Gasteiger partial charge in [0.1, 0.15) is 0 Å². The number of nitro groups is 1. The van der Waals surface area contributed by atoms with E-state index in [2.05, 4.69) is 13.8 Å². The van der Waals surface area contributed by atoms with Crippen LogP contribution in [0.15, 0.2) is 23.1 Å². The monoisotopic (exact) mass is 350 g/mol. The lowest BCUT2D eigenvalue weighted by Crippen LogP contribution is -2.35. The van der Waals surface area contributed by atoms with Crippen LogP contribution in [-0.2, 0) is 0 Å². The molecule has 0 aliphatic heterocycles. The van der Waals surface area contributed by atoms with Crippen LogP contribution in [0.1, 0.15) is 56.3 Å². The lowest BCUT2D eigenvalue weighted by atomic mass is 10.1. The highest BCUT2D eigenvalue weighted by atomic mass is 32.2. The Balaban J connectivity index is 2.15. The number of nitrogens with zero attached hydrogens (tertiary/aromatic N) is 2. The molecule has 0 aromatic heterocycles. The molecule has 0 unspecified atom stereocenters. The largest absolute Gasteiger partial charge is 0.339 e. The van der Waals surface area contributed by atoms with Crippen molar-refractivity contribution in [2.75, 3.05) is 12.8 Å². The van der Waals surface area contributed by atoms with Crippen molar-refractivity contribution in [2.45, 2.75) is 56.9 Å². The Hall–Kier alpha value is -1.56. The maximum atomic E-state index is 12.6. The molecule has 24 heavy (non-hydrogen) atoms. The Morgan fingerprint density at radius 3 is 2.62 bits per heavy atom. The fraction of sp³-hybridized carbons (Fsp3) is 0.611. The van der Waals surface area contributed by atoms with Gasteiger partial charge in [-0.2, -0.15) is 0 Å². The SMILES string of the molecule is CC(C)CCSc1ccc(C(=O)N(C)C2CCCC2)cc1[N+](=O)[O-]. The maximum Gasteiger partial charge on any atom is 0.283 e. The Morgan fingerprint density at radius 2 is 2.04 bits per heavy atom. The number of nitro benzene ring substituents is 1. The van der Waals surface area contributed by atoms with Gasteiger partial charge >= 0.3 is 0 Å². The summed E-state index contributed by atoms with van der Waals surface area (Å²) >= 11 is 1.49. The Morgan fingerprint density at radius 1 is 1.38 bits per heavy atom. The van der Waals surface area contributed by atoms with Gasteiger partial charge in [-0.25, -0.2) is 0 Å². The van der Waals surface area contributed by atoms with E-state index in [0.717, 1.165) is 37.9 Å². The van der Waals surface area contributed by atoms with Crippen molar-refractivity contribution in [3.8, 4) is 0 Å². The first-order valence-electron chi connectivity index (χ1n) is 8.58. The number of amides is 1. The van der Waals surface area contributed by atoms with Crippen molar-refractivity contribution >= 4 is 23.4 Å². The molecule has 5 nitrogen and oxygen atoms in total. The van der Waals surface area contributed by atoms with E-state index in [1.807, 2.05) is 0 Å². The number of benzene rings is 1. The second-order valence-electron chi connectivity index (χ2n) is 6.82. The van der Waals surface area contributed by atoms with Gasteiger partial charge in [0.15, 0.2) is 0 Å². The lowest BCUT2D eigenvalue weighted by molar-refractivity contribution is -0.387. The van der Waals surface area contributed by atoms with Crippen molar-refractivity contribution in [1.29, 1.82) is 0 Å². The standard InChI is InChI=1S/C18H26N2O3S/c1-13(2)10-11-24-17-9-8-14(12-16(17)20(22)23)18(21)19(3)15-6-4-5-7-15/h8-9,12-13,15H,4-7,10-11H2,1-3H3. The van der Waals surface area contributed by atoms with Crippen LogP contribution in [0, 0.1) is 16.0 Å². The summed E-state index contributed by atoms with van der Waals surface area (Å²) < 4.78 is 0. The molecule has 0 atom stereocenters. The summed E-state index contributed by atoms with van der Waals surface area (Å²) in [5.74, 6) is 1.29. The Kier molecular flexibility index (Phi) is 6.66. The van der Waals surface area contributed by atoms with Crippen molar-refractivity contribution in [3.05, 3.63) is 33.9 Å². The zero-order valence-corrected chi connectivity index (χ0v) is 15.5. The molecular formula is C18H26N2O3S. The molecule has 1 amide bonds. The van der Waals surface area contributed by atoms with E-state index in [4.69, 9.17) is 0 Å². The molecule has 1 fully saturated rings. The summed E-state index contributed by atoms with van der Waals surface area (Å²) in [5, 5.41) is 11.4. The molecule has 0 N–H and O–H groups in total. The summed E-state index contributed by atoms with van der Waals surface area (Å²) in [4.78, 5) is 26.0. The molecular weight excluding hydrogens is 324 g/mol. The van der Waals surface area contributed by atoms with Crippen LogP contribution in [0.3, 0.4) is 0 Å². The number of carbonyl (C=O) groups is 1. The zero-order chi connectivity index (χ0) is 17.7. The third-order valence-corrected chi connectivity index (χ3v) is 5.64. The quantitative estimate of drug-likeness (QED) is 0.404. The highest BCUT2D eigenvalue weighted by Gasteiger charge is 2.26. The fourth-order valence-corrected chi connectivity index (χ4v) is 4.24. The summed E-state index contributed by atoms with van der Waals surface area (Å²) in [6, 6.07) is 5.14. The van der Waals surface area contributed by atoms with Gasteiger partial charge in [-0.1, -0.05) is 26.7 Å². The first kappa shape index (κ1) is 18.8. The second-order valence-corrected chi connectivity index (χ2v) is 7.96. The summed E-state index contributed by atoms with van der Waals surface area (Å²) in [7, 11) is 1.80. The number of hydrogen-bond donors (Lipinski definition) is 0. The molecule has 1 aromatic rings. The topological polar surface area (TPSA) is 63.5 Å². The van der Waals surface area contributed by atoms with Gasteiger partial charge in [-0.05, 0) is 43.1 Å². The number of thioether (sulfide) groups is 1. The first-order chi connectivity index (χ1) is 11.4. The van der Waals surface area contributed by atoms with E-state index >= 15 is 0 Å². The van der Waals surface area contributed by atoms with Crippen LogP contribution in [0.25, 0.3) is 0 Å². The highest BCUT2D eigenvalue weighted by Crippen LogP contribution is 2.32. The molecule has 0 bridgehead atoms. The van der Waals surface area contributed by atoms with Gasteiger partial charge in [0.2, 0.25) is 0 Å². The number of carbonyl (C=O) groups excluding carboxylic acids is 1. The predicted molar refractivity (Wildman–Crippen MR) is 97.6 cm³/mol. The van der Waals surface area contributed by atoms with Gasteiger partial charge in [-0.3, -0.25) is 14.9 Å². The van der Waals surface area contributed by atoms with Crippen molar-refractivity contribution < 1.29 is 9.72 Å². The van der Waals surface area contributed by atoms with Gasteiger partial charge < -0.3 is 4.90 Å². The summed E-state index contributed by atoms with van der Waals surface area (Å²) in [6.07, 6.45) is 5.34. The van der Waals surface area contributed by atoms with Gasteiger partial charge in [0, 0.05) is 24.7 Å². The number of hydrogen-bond acceptors (Lipinski definition) is 4. The molecule has 1 aromatic carbocycles. The molecule has 132 valence electrons. The summed E-state index contributed by atoms with van der Waals surface area (Å²) in [5.41, 5.74) is 0.443. The van der Waals surface area contributed by atoms with Gasteiger partial charge in [-0.15, -0.1) is 11.8 Å². The molecule has 1 aliphatic carbocycles. The van der Waals surface area contributed by atoms with E-state index in [1.165, 1.54) is 17.8 Å². The minimum atomic E-state index is -0.385. The smallest absolute Gasteiger partial charge is 0.283 e. The minimum absolute atomic E-state index is 0.0365. The fourth-order valence-electron chi connectivity index (χ4n) is 2.98. The molecule has 1 aliphatic rings. The van der Waals surface area contributed by atoms with Crippen molar-refractivity contribution in [1.82, 2.24) is 4.90 Å². The Labute approximate surface area is 148 Å². The third kappa shape index (κ3) is 4.72. The van der Waals surface area contributed by atoms with Gasteiger partial charge in [0.05, 0.1) is 9.82 Å². The molecule has 0 radical (unpaired) electrons. The normalized spacial score (nSPS) is 15.0. The molecule has 0 heterocycles. The molecule has 6 heteroatoms. The highest BCUT2D eigenvalue weighted by molar-refractivity contribution is 7.99. The van der Waals surface area contributed by atoms with Crippen LogP contribution in [0.4, 0.5) is 5.69 Å². The molecule has 0 saturated heterocycles. The van der Waals surface area contributed by atoms with Crippen LogP contribution in [0.2, 0.25) is 0 Å². The molecule has 2 rings (SSSR count). The van der Waals surface area contributed by atoms with E-state index < -0.39 is 0 Å². The van der Waals surface area contributed by atoms with Crippen molar-refractivity contribution in [3.63, 3.8) is 0 Å². The van der Waals surface area contributed by atoms with Crippen LogP contribution in [-0.4, -0.2) is 34.6 Å². The van der Waals surface area contributed by atoms with Gasteiger partial charge in [0.25, 0.3) is 11.6 Å². The van der Waals surface area contributed by atoms with Crippen LogP contribution >= 0.6 is 11.8 Å². The maximum absolute atomic E-state index is 12.6. The predicted octanol–water partition coefficient (Wildman–Crippen LogP) is 4.75. The number of rotatable bonds is 7. The van der Waals surface area contributed by atoms with E-state index in [-0.39, 0.29) is 22.6 Å². The Bertz CT molecular complexity index is 598. The zero-order valence-electron chi connectivity index (χ0n) is 14.7. The van der Waals surface area contributed by atoms with Crippen LogP contribution in [0.5, 0.6) is 0 Å². The van der Waals surface area contributed by atoms with E-state index in [0.29, 0.717) is 16.4 Å². The average molecular weight is 350 g/mol. The molecule has 0 spiro atoms. The summed E-state index contributed by atoms with van der Waals surface area (Å²) in [6.45, 7) is 4.27. The first-order valence-corrected chi connectivity index (χ1v) is 9.57. The average Bonchev–Trinajstić information content (AvgIpc) is 3.07. The van der Waals surface area contributed by atoms with Crippen molar-refractivity contribution in [2.24, 2.45) is 5.92 Å².